The van der Waals surface area contributed by atoms with E-state index in [9.17, 15) is 14.6 Å². The smallest absolute Gasteiger partial charge is 0.126 e. The van der Waals surface area contributed by atoms with Gasteiger partial charge in [0.1, 0.15) is 17.2 Å². The van der Waals surface area contributed by atoms with Gasteiger partial charge >= 0.3 is 0 Å². The van der Waals surface area contributed by atoms with Crippen LogP contribution in [0.15, 0.2) is 42.5 Å². The number of likely N-dealkylation sites (tertiary alicyclic amines) is 1. The summed E-state index contributed by atoms with van der Waals surface area (Å²) >= 11 is 0. The first-order valence-corrected chi connectivity index (χ1v) is 10.8. The third-order valence-corrected chi connectivity index (χ3v) is 6.58. The highest BCUT2D eigenvalue weighted by Crippen LogP contribution is 2.44. The summed E-state index contributed by atoms with van der Waals surface area (Å²) in [5.74, 6) is 0.231. The second-order valence-electron chi connectivity index (χ2n) is 9.88. The lowest BCUT2D eigenvalue weighted by atomic mass is 9.81. The van der Waals surface area contributed by atoms with Crippen molar-refractivity contribution in [2.75, 3.05) is 19.6 Å². The van der Waals surface area contributed by atoms with Crippen molar-refractivity contribution in [3.05, 3.63) is 65.0 Å². The van der Waals surface area contributed by atoms with Gasteiger partial charge in [0.05, 0.1) is 12.2 Å². The Morgan fingerprint density at radius 1 is 1.13 bits per heavy atom. The molecule has 1 fully saturated rings. The molecule has 2 N–H and O–H groups in total. The molecule has 2 aromatic carbocycles. The molecule has 0 radical (unpaired) electrons. The summed E-state index contributed by atoms with van der Waals surface area (Å²) in [7, 11) is 0. The van der Waals surface area contributed by atoms with Gasteiger partial charge in [-0.2, -0.15) is 0 Å². The van der Waals surface area contributed by atoms with E-state index in [2.05, 4.69) is 37.8 Å². The van der Waals surface area contributed by atoms with Crippen LogP contribution in [0, 0.1) is 5.82 Å². The maximum atomic E-state index is 13.5. The fourth-order valence-electron chi connectivity index (χ4n) is 4.61. The zero-order chi connectivity index (χ0) is 21.5. The van der Waals surface area contributed by atoms with Crippen molar-refractivity contribution in [1.29, 1.82) is 0 Å². The van der Waals surface area contributed by atoms with Crippen molar-refractivity contribution in [3.63, 3.8) is 0 Å². The van der Waals surface area contributed by atoms with Crippen molar-refractivity contribution in [2.45, 2.75) is 63.3 Å². The number of piperidine rings is 1. The highest BCUT2D eigenvalue weighted by Gasteiger charge is 2.43. The van der Waals surface area contributed by atoms with Gasteiger partial charge in [0.15, 0.2) is 0 Å². The molecular weight excluding hydrogens is 381 g/mol. The number of hydrogen-bond acceptors (Lipinski definition) is 4. The quantitative estimate of drug-likeness (QED) is 0.778. The van der Waals surface area contributed by atoms with Crippen LogP contribution in [0.25, 0.3) is 0 Å². The van der Waals surface area contributed by atoms with Gasteiger partial charge in [0.2, 0.25) is 0 Å². The highest BCUT2D eigenvalue weighted by atomic mass is 19.1. The number of aliphatic hydroxyl groups is 2. The van der Waals surface area contributed by atoms with Crippen molar-refractivity contribution >= 4 is 0 Å². The van der Waals surface area contributed by atoms with Gasteiger partial charge < -0.3 is 19.8 Å². The summed E-state index contributed by atoms with van der Waals surface area (Å²) in [4.78, 5) is 2.25. The summed E-state index contributed by atoms with van der Waals surface area (Å²) in [6.07, 6.45) is 0.791. The Labute approximate surface area is 178 Å². The Morgan fingerprint density at radius 3 is 2.43 bits per heavy atom. The predicted octanol–water partition coefficient (Wildman–Crippen LogP) is 4.51. The number of β-amino-alcohol motifs (C(OH)–C–C–N with tert-alkyl or cyclic N) is 1. The molecule has 0 bridgehead atoms. The van der Waals surface area contributed by atoms with Crippen LogP contribution >= 0.6 is 0 Å². The van der Waals surface area contributed by atoms with Crippen molar-refractivity contribution in [1.82, 2.24) is 4.90 Å². The molecule has 1 saturated heterocycles. The fraction of sp³-hybridized carbons (Fsp3) is 0.520. The molecule has 0 aliphatic carbocycles. The third-order valence-electron chi connectivity index (χ3n) is 6.58. The Kier molecular flexibility index (Phi) is 5.64. The van der Waals surface area contributed by atoms with Gasteiger partial charge in [0.25, 0.3) is 0 Å². The molecule has 2 aliphatic heterocycles. The largest absolute Gasteiger partial charge is 0.487 e. The van der Waals surface area contributed by atoms with E-state index in [0.29, 0.717) is 24.3 Å². The summed E-state index contributed by atoms with van der Waals surface area (Å²) in [5, 5.41) is 21.3. The number of halogens is 1. The summed E-state index contributed by atoms with van der Waals surface area (Å²) in [6, 6.07) is 12.6. The third kappa shape index (κ3) is 4.39. The van der Waals surface area contributed by atoms with E-state index in [1.165, 1.54) is 17.7 Å². The van der Waals surface area contributed by atoms with E-state index in [1.807, 2.05) is 12.1 Å². The molecule has 4 nitrogen and oxygen atoms in total. The lowest BCUT2D eigenvalue weighted by molar-refractivity contribution is -0.0589. The van der Waals surface area contributed by atoms with Gasteiger partial charge in [-0.3, -0.25) is 0 Å². The molecule has 5 heteroatoms. The molecule has 0 unspecified atom stereocenters. The van der Waals surface area contributed by atoms with E-state index in [0.717, 1.165) is 31.5 Å². The first kappa shape index (κ1) is 21.3. The minimum atomic E-state index is -0.706. The van der Waals surface area contributed by atoms with Crippen molar-refractivity contribution < 1.29 is 19.3 Å². The van der Waals surface area contributed by atoms with Crippen molar-refractivity contribution in [2.24, 2.45) is 0 Å². The maximum Gasteiger partial charge on any atom is 0.126 e. The lowest BCUT2D eigenvalue weighted by Gasteiger charge is -2.46. The normalized spacial score (nSPS) is 22.4. The molecule has 30 heavy (non-hydrogen) atoms. The van der Waals surface area contributed by atoms with Gasteiger partial charge in [-0.1, -0.05) is 45.0 Å². The average Bonchev–Trinajstić information content (AvgIpc) is 2.70. The van der Waals surface area contributed by atoms with Crippen LogP contribution in [0.3, 0.4) is 0 Å². The summed E-state index contributed by atoms with van der Waals surface area (Å²) in [5.41, 5.74) is 2.41. The van der Waals surface area contributed by atoms with E-state index in [4.69, 9.17) is 4.74 Å². The van der Waals surface area contributed by atoms with E-state index >= 15 is 0 Å². The molecule has 0 aromatic heterocycles. The average molecular weight is 414 g/mol. The Balaban J connectivity index is 1.36. The second-order valence-corrected chi connectivity index (χ2v) is 9.88. The minimum Gasteiger partial charge on any atom is -0.487 e. The van der Waals surface area contributed by atoms with Crippen LogP contribution in [-0.4, -0.2) is 40.3 Å². The monoisotopic (exact) mass is 413 g/mol. The Morgan fingerprint density at radius 2 is 1.80 bits per heavy atom. The van der Waals surface area contributed by atoms with Crippen molar-refractivity contribution in [3.8, 4) is 5.75 Å². The van der Waals surface area contributed by atoms with Gasteiger partial charge in [0, 0.05) is 31.6 Å². The first-order chi connectivity index (χ1) is 14.2. The second kappa shape index (κ2) is 7.95. The topological polar surface area (TPSA) is 52.9 Å². The predicted molar refractivity (Wildman–Crippen MR) is 115 cm³/mol. The van der Waals surface area contributed by atoms with Crippen LogP contribution in [-0.2, 0) is 5.41 Å². The van der Waals surface area contributed by atoms with E-state index in [-0.39, 0.29) is 11.2 Å². The highest BCUT2D eigenvalue weighted by molar-refractivity contribution is 5.38. The lowest BCUT2D eigenvalue weighted by Crippen LogP contribution is -2.51. The molecule has 0 saturated carbocycles. The number of benzene rings is 2. The Bertz CT molecular complexity index is 882. The Hall–Kier alpha value is -1.95. The SMILES string of the molecule is CC(C)(C)c1ccc([C@H](O)CN2CCC3(CC2)C[C@H](O)c2cc(F)ccc2O3)cc1. The molecule has 162 valence electrons. The van der Waals surface area contributed by atoms with Crippen LogP contribution in [0.2, 0.25) is 0 Å². The van der Waals surface area contributed by atoms with Gasteiger partial charge in [-0.25, -0.2) is 4.39 Å². The fourth-order valence-corrected chi connectivity index (χ4v) is 4.61. The molecule has 2 aliphatic rings. The number of ether oxygens (including phenoxy) is 1. The van der Waals surface area contributed by atoms with Crippen LogP contribution < -0.4 is 4.74 Å². The van der Waals surface area contributed by atoms with Crippen LogP contribution in [0.5, 0.6) is 5.75 Å². The van der Waals surface area contributed by atoms with E-state index in [1.54, 1.807) is 6.07 Å². The summed E-state index contributed by atoms with van der Waals surface area (Å²) < 4.78 is 19.8. The number of rotatable bonds is 3. The zero-order valence-electron chi connectivity index (χ0n) is 18.1. The molecule has 2 aromatic rings. The van der Waals surface area contributed by atoms with Crippen LogP contribution in [0.1, 0.15) is 68.9 Å². The molecule has 1 spiro atoms. The van der Waals surface area contributed by atoms with Gasteiger partial charge in [-0.15, -0.1) is 0 Å². The molecule has 2 atom stereocenters. The zero-order valence-corrected chi connectivity index (χ0v) is 18.1. The standard InChI is InChI=1S/C25H32FNO3/c1-24(2,3)18-6-4-17(5-7-18)22(29)16-27-12-10-25(11-13-27)15-21(28)20-14-19(26)8-9-23(20)30-25/h4-9,14,21-22,28-29H,10-13,15-16H2,1-3H3/t21-,22+/m0/s1. The molecular formula is C25H32FNO3. The molecule has 2 heterocycles. The van der Waals surface area contributed by atoms with Crippen LogP contribution in [0.4, 0.5) is 4.39 Å². The van der Waals surface area contributed by atoms with Gasteiger partial charge in [-0.05, 0) is 47.6 Å². The first-order valence-electron chi connectivity index (χ1n) is 10.8. The minimum absolute atomic E-state index is 0.0968. The number of hydrogen-bond donors (Lipinski definition) is 2. The number of fused-ring (bicyclic) bond motifs is 1. The number of nitrogens with zero attached hydrogens (tertiary/aromatic N) is 1. The molecule has 4 rings (SSSR count). The molecule has 0 amide bonds. The number of aliphatic hydroxyl groups excluding tert-OH is 2. The maximum absolute atomic E-state index is 13.5. The summed E-state index contributed by atoms with van der Waals surface area (Å²) in [6.45, 7) is 8.71. The van der Waals surface area contributed by atoms with E-state index < -0.39 is 17.8 Å².